The SMILES string of the molecule is CCS(=O)(=O)N1CCc2cc(C(=O)COC(=O)c3[nH]c(C)c(C(=O)OC(C)C)c3C)ccc21. The summed E-state index contributed by atoms with van der Waals surface area (Å²) in [5, 5.41) is 0. The van der Waals surface area contributed by atoms with Gasteiger partial charge < -0.3 is 14.5 Å². The van der Waals surface area contributed by atoms with E-state index in [2.05, 4.69) is 4.98 Å². The van der Waals surface area contributed by atoms with Crippen LogP contribution in [0, 0.1) is 13.8 Å². The minimum atomic E-state index is -3.37. The molecule has 10 heteroatoms. The van der Waals surface area contributed by atoms with Crippen molar-refractivity contribution in [2.45, 2.75) is 47.1 Å². The Morgan fingerprint density at radius 1 is 1.15 bits per heavy atom. The van der Waals surface area contributed by atoms with Crippen molar-refractivity contribution in [2.75, 3.05) is 23.2 Å². The Labute approximate surface area is 193 Å². The molecule has 0 aliphatic carbocycles. The van der Waals surface area contributed by atoms with E-state index >= 15 is 0 Å². The van der Waals surface area contributed by atoms with Crippen LogP contribution in [0.1, 0.15) is 68.8 Å². The summed E-state index contributed by atoms with van der Waals surface area (Å²) >= 11 is 0. The summed E-state index contributed by atoms with van der Waals surface area (Å²) in [6.07, 6.45) is 0.201. The van der Waals surface area contributed by atoms with Crippen LogP contribution in [0.15, 0.2) is 18.2 Å². The van der Waals surface area contributed by atoms with Crippen LogP contribution >= 0.6 is 0 Å². The van der Waals surface area contributed by atoms with Crippen molar-refractivity contribution >= 4 is 33.4 Å². The second-order valence-electron chi connectivity index (χ2n) is 8.14. The van der Waals surface area contributed by atoms with Crippen molar-refractivity contribution in [1.29, 1.82) is 0 Å². The number of aryl methyl sites for hydroxylation is 1. The van der Waals surface area contributed by atoms with Crippen LogP contribution in [0.4, 0.5) is 5.69 Å². The molecule has 2 heterocycles. The number of nitrogens with zero attached hydrogens (tertiary/aromatic N) is 1. The van der Waals surface area contributed by atoms with Gasteiger partial charge in [-0.2, -0.15) is 0 Å². The van der Waals surface area contributed by atoms with E-state index in [4.69, 9.17) is 9.47 Å². The zero-order chi connectivity index (χ0) is 24.5. The topological polar surface area (TPSA) is 123 Å². The summed E-state index contributed by atoms with van der Waals surface area (Å²) in [6, 6.07) is 4.78. The van der Waals surface area contributed by atoms with Gasteiger partial charge in [0.05, 0.1) is 23.1 Å². The van der Waals surface area contributed by atoms with Crippen LogP contribution in [-0.4, -0.2) is 56.1 Å². The van der Waals surface area contributed by atoms with Crippen LogP contribution < -0.4 is 4.31 Å². The number of Topliss-reactive ketones (excluding diaryl/α,β-unsaturated/α-hetero) is 1. The maximum atomic E-state index is 12.6. The molecule has 0 unspecified atom stereocenters. The number of aromatic nitrogens is 1. The number of H-pyrrole nitrogens is 1. The smallest absolute Gasteiger partial charge is 0.355 e. The lowest BCUT2D eigenvalue weighted by Gasteiger charge is -2.18. The number of anilines is 1. The molecule has 0 saturated heterocycles. The molecule has 0 atom stereocenters. The van der Waals surface area contributed by atoms with Crippen LogP contribution in [0.2, 0.25) is 0 Å². The molecule has 1 N–H and O–H groups in total. The fourth-order valence-electron chi connectivity index (χ4n) is 3.81. The van der Waals surface area contributed by atoms with Crippen molar-refractivity contribution in [3.05, 3.63) is 51.8 Å². The first-order valence-corrected chi connectivity index (χ1v) is 12.3. The molecule has 1 aromatic carbocycles. The molecule has 0 fully saturated rings. The van der Waals surface area contributed by atoms with Crippen LogP contribution in [0.25, 0.3) is 0 Å². The normalized spacial score (nSPS) is 13.2. The summed E-state index contributed by atoms with van der Waals surface area (Å²) in [5.41, 5.74) is 2.89. The Balaban J connectivity index is 1.70. The third kappa shape index (κ3) is 4.95. The van der Waals surface area contributed by atoms with Gasteiger partial charge in [0, 0.05) is 17.8 Å². The zero-order valence-electron chi connectivity index (χ0n) is 19.4. The molecule has 33 heavy (non-hydrogen) atoms. The van der Waals surface area contributed by atoms with E-state index in [1.165, 1.54) is 10.4 Å². The average Bonchev–Trinajstić information content (AvgIpc) is 3.31. The van der Waals surface area contributed by atoms with E-state index in [1.54, 1.807) is 46.8 Å². The monoisotopic (exact) mass is 476 g/mol. The molecule has 0 bridgehead atoms. The largest absolute Gasteiger partial charge is 0.459 e. The van der Waals surface area contributed by atoms with E-state index in [-0.39, 0.29) is 23.1 Å². The first-order valence-electron chi connectivity index (χ1n) is 10.7. The predicted octanol–water partition coefficient (Wildman–Crippen LogP) is 2.95. The predicted molar refractivity (Wildman–Crippen MR) is 122 cm³/mol. The van der Waals surface area contributed by atoms with Gasteiger partial charge in [0.1, 0.15) is 5.69 Å². The van der Waals surface area contributed by atoms with Gasteiger partial charge in [-0.05, 0) is 70.4 Å². The van der Waals surface area contributed by atoms with Gasteiger partial charge in [0.15, 0.2) is 12.4 Å². The van der Waals surface area contributed by atoms with Gasteiger partial charge in [-0.15, -0.1) is 0 Å². The fraction of sp³-hybridized carbons (Fsp3) is 0.435. The Morgan fingerprint density at radius 2 is 1.85 bits per heavy atom. The summed E-state index contributed by atoms with van der Waals surface area (Å²) in [7, 11) is -3.37. The average molecular weight is 477 g/mol. The number of ether oxygens (including phenoxy) is 2. The second kappa shape index (κ2) is 9.38. The number of fused-ring (bicyclic) bond motifs is 1. The van der Waals surface area contributed by atoms with Gasteiger partial charge in [0.25, 0.3) is 0 Å². The lowest BCUT2D eigenvalue weighted by Crippen LogP contribution is -2.30. The molecule has 1 aliphatic rings. The van der Waals surface area contributed by atoms with Gasteiger partial charge >= 0.3 is 11.9 Å². The molecular formula is C23H28N2O7S. The summed E-state index contributed by atoms with van der Waals surface area (Å²) in [6.45, 7) is 8.16. The number of benzene rings is 1. The molecule has 1 aromatic heterocycles. The van der Waals surface area contributed by atoms with Crippen LogP contribution in [0.3, 0.4) is 0 Å². The van der Waals surface area contributed by atoms with E-state index in [1.807, 2.05) is 0 Å². The van der Waals surface area contributed by atoms with Gasteiger partial charge in [0.2, 0.25) is 10.0 Å². The highest BCUT2D eigenvalue weighted by molar-refractivity contribution is 7.92. The highest BCUT2D eigenvalue weighted by Crippen LogP contribution is 2.31. The number of aromatic amines is 1. The van der Waals surface area contributed by atoms with E-state index in [0.29, 0.717) is 35.5 Å². The summed E-state index contributed by atoms with van der Waals surface area (Å²) in [4.78, 5) is 40.3. The number of hydrogen-bond acceptors (Lipinski definition) is 7. The number of carbonyl (C=O) groups excluding carboxylic acids is 3. The van der Waals surface area contributed by atoms with E-state index in [9.17, 15) is 22.8 Å². The van der Waals surface area contributed by atoms with Gasteiger partial charge in [-0.25, -0.2) is 18.0 Å². The quantitative estimate of drug-likeness (QED) is 0.459. The molecule has 0 spiro atoms. The molecule has 1 aliphatic heterocycles. The fourth-order valence-corrected chi connectivity index (χ4v) is 4.97. The third-order valence-electron chi connectivity index (χ3n) is 5.48. The molecule has 0 radical (unpaired) electrons. The van der Waals surface area contributed by atoms with E-state index < -0.39 is 34.4 Å². The van der Waals surface area contributed by atoms with Crippen LogP contribution in [-0.2, 0) is 25.9 Å². The number of rotatable bonds is 8. The van der Waals surface area contributed by atoms with Crippen molar-refractivity contribution in [1.82, 2.24) is 4.98 Å². The lowest BCUT2D eigenvalue weighted by molar-refractivity contribution is 0.0376. The Bertz CT molecular complexity index is 1210. The number of esters is 2. The zero-order valence-corrected chi connectivity index (χ0v) is 20.2. The van der Waals surface area contributed by atoms with Crippen molar-refractivity contribution in [3.8, 4) is 0 Å². The maximum Gasteiger partial charge on any atom is 0.355 e. The first-order chi connectivity index (χ1) is 15.5. The lowest BCUT2D eigenvalue weighted by atomic mass is 10.1. The van der Waals surface area contributed by atoms with Gasteiger partial charge in [-0.1, -0.05) is 0 Å². The Kier molecular flexibility index (Phi) is 6.97. The minimum absolute atomic E-state index is 0.00237. The third-order valence-corrected chi connectivity index (χ3v) is 7.26. The second-order valence-corrected chi connectivity index (χ2v) is 10.3. The van der Waals surface area contributed by atoms with Crippen molar-refractivity contribution in [3.63, 3.8) is 0 Å². The van der Waals surface area contributed by atoms with Crippen LogP contribution in [0.5, 0.6) is 0 Å². The molecule has 9 nitrogen and oxygen atoms in total. The highest BCUT2D eigenvalue weighted by Gasteiger charge is 2.29. The molecule has 178 valence electrons. The Hall–Kier alpha value is -3.14. The number of hydrogen-bond donors (Lipinski definition) is 1. The van der Waals surface area contributed by atoms with Crippen molar-refractivity contribution < 1.29 is 32.3 Å². The molecule has 2 aromatic rings. The molecule has 0 saturated carbocycles. The summed E-state index contributed by atoms with van der Waals surface area (Å²) < 4.78 is 36.2. The number of carbonyl (C=O) groups is 3. The molecule has 0 amide bonds. The van der Waals surface area contributed by atoms with E-state index in [0.717, 1.165) is 5.56 Å². The minimum Gasteiger partial charge on any atom is -0.459 e. The molecular weight excluding hydrogens is 448 g/mol. The van der Waals surface area contributed by atoms with Crippen molar-refractivity contribution in [2.24, 2.45) is 0 Å². The number of sulfonamides is 1. The Morgan fingerprint density at radius 3 is 2.48 bits per heavy atom. The highest BCUT2D eigenvalue weighted by atomic mass is 32.2. The molecule has 3 rings (SSSR count). The maximum absolute atomic E-state index is 12.6. The summed E-state index contributed by atoms with van der Waals surface area (Å²) in [5.74, 6) is -1.71. The first kappa shape index (κ1) is 24.5. The number of nitrogens with one attached hydrogen (secondary N) is 1. The number of ketones is 1. The standard InChI is InChI=1S/C23H28N2O7S/c1-6-33(29,30)25-10-9-16-11-17(7-8-18(16)25)19(26)12-31-23(28)21-14(4)20(15(5)24-21)22(27)32-13(2)3/h7-8,11,13,24H,6,9-10,12H2,1-5H3. The van der Waals surface area contributed by atoms with Gasteiger partial charge in [-0.3, -0.25) is 9.10 Å².